The van der Waals surface area contributed by atoms with Gasteiger partial charge in [-0.15, -0.1) is 0 Å². The van der Waals surface area contributed by atoms with Crippen LogP contribution >= 0.6 is 0 Å². The molecule has 0 spiro atoms. The van der Waals surface area contributed by atoms with E-state index >= 15 is 0 Å². The maximum Gasteiger partial charge on any atom is 0.292 e. The van der Waals surface area contributed by atoms with Gasteiger partial charge in [0.2, 0.25) is 0 Å². The molecule has 1 aromatic carbocycles. The first kappa shape index (κ1) is 8.43. The smallest absolute Gasteiger partial charge is 0.292 e. The summed E-state index contributed by atoms with van der Waals surface area (Å²) in [5, 5.41) is 18.7. The predicted octanol–water partition coefficient (Wildman–Crippen LogP) is 1.33. The van der Waals surface area contributed by atoms with E-state index in [0.717, 1.165) is 0 Å². The molecule has 5 heteroatoms. The second kappa shape index (κ2) is 2.95. The summed E-state index contributed by atoms with van der Waals surface area (Å²) in [6.45, 7) is 0. The third-order valence-corrected chi connectivity index (χ3v) is 1.80. The highest BCUT2D eigenvalue weighted by Gasteiger charge is 2.11. The summed E-state index contributed by atoms with van der Waals surface area (Å²) in [7, 11) is 0. The highest BCUT2D eigenvalue weighted by atomic mass is 16.4. The summed E-state index contributed by atoms with van der Waals surface area (Å²) in [4.78, 5) is 3.68. The fourth-order valence-electron chi connectivity index (χ4n) is 1.14. The minimum atomic E-state index is -0.247. The van der Waals surface area contributed by atoms with Crippen molar-refractivity contribution in [1.82, 2.24) is 4.98 Å². The van der Waals surface area contributed by atoms with Crippen molar-refractivity contribution < 1.29 is 14.6 Å². The quantitative estimate of drug-likeness (QED) is 0.593. The van der Waals surface area contributed by atoms with Gasteiger partial charge in [0.15, 0.2) is 17.3 Å². The molecule has 0 atom stereocenters. The molecule has 1 aromatic heterocycles. The number of hydrogen-bond acceptors (Lipinski definition) is 5. The number of phenolic OH excluding ortho intramolecular Hbond substituents is 2. The minimum Gasteiger partial charge on any atom is -0.504 e. The Hall–Kier alpha value is -2.17. The van der Waals surface area contributed by atoms with Gasteiger partial charge in [-0.25, -0.2) is 4.98 Å². The van der Waals surface area contributed by atoms with E-state index in [0.29, 0.717) is 11.3 Å². The van der Waals surface area contributed by atoms with E-state index in [4.69, 9.17) is 10.2 Å². The lowest BCUT2D eigenvalue weighted by Gasteiger charge is -2.01. The zero-order valence-corrected chi connectivity index (χ0v) is 7.14. The lowest BCUT2D eigenvalue weighted by molar-refractivity contribution is 0.404. The van der Waals surface area contributed by atoms with Crippen LogP contribution in [0.2, 0.25) is 0 Å². The molecule has 0 saturated carbocycles. The van der Waals surface area contributed by atoms with Gasteiger partial charge in [-0.2, -0.15) is 0 Å². The van der Waals surface area contributed by atoms with Crippen LogP contribution in [0.25, 0.3) is 11.3 Å². The van der Waals surface area contributed by atoms with E-state index in [2.05, 4.69) is 4.98 Å². The van der Waals surface area contributed by atoms with Gasteiger partial charge in [0.25, 0.3) is 6.01 Å². The van der Waals surface area contributed by atoms with Crippen LogP contribution in [0, 0.1) is 0 Å². The van der Waals surface area contributed by atoms with E-state index in [1.807, 2.05) is 0 Å². The molecule has 0 bridgehead atoms. The number of oxazole rings is 1. The number of hydrogen-bond donors (Lipinski definition) is 3. The van der Waals surface area contributed by atoms with E-state index in [1.165, 1.54) is 12.3 Å². The lowest BCUT2D eigenvalue weighted by atomic mass is 10.1. The Kier molecular flexibility index (Phi) is 1.78. The zero-order valence-electron chi connectivity index (χ0n) is 7.14. The van der Waals surface area contributed by atoms with Crippen LogP contribution < -0.4 is 5.73 Å². The monoisotopic (exact) mass is 192 g/mol. The molecule has 0 aliphatic carbocycles. The molecule has 72 valence electrons. The SMILES string of the molecule is Nc1ncc(-c2cccc(O)c2O)o1. The molecule has 5 nitrogen and oxygen atoms in total. The average molecular weight is 192 g/mol. The first-order valence-corrected chi connectivity index (χ1v) is 3.91. The standard InChI is InChI=1S/C9H8N2O3/c10-9-11-4-7(14-9)5-2-1-3-6(12)8(5)13/h1-4,12-13H,(H2,10,11). The number of nitrogens with two attached hydrogens (primary N) is 1. The zero-order chi connectivity index (χ0) is 10.1. The molecule has 1 heterocycles. The summed E-state index contributed by atoms with van der Waals surface area (Å²) in [5.74, 6) is -0.142. The van der Waals surface area contributed by atoms with E-state index in [-0.39, 0.29) is 17.5 Å². The van der Waals surface area contributed by atoms with Gasteiger partial charge < -0.3 is 20.4 Å². The molecule has 0 aliphatic rings. The molecule has 0 aliphatic heterocycles. The number of anilines is 1. The number of nitrogen functional groups attached to an aromatic ring is 1. The predicted molar refractivity (Wildman–Crippen MR) is 49.7 cm³/mol. The summed E-state index contributed by atoms with van der Waals surface area (Å²) < 4.78 is 5.00. The number of aromatic nitrogens is 1. The van der Waals surface area contributed by atoms with Gasteiger partial charge in [-0.3, -0.25) is 0 Å². The first-order valence-electron chi connectivity index (χ1n) is 3.91. The summed E-state index contributed by atoms with van der Waals surface area (Å²) >= 11 is 0. The molecule has 2 rings (SSSR count). The van der Waals surface area contributed by atoms with Crippen molar-refractivity contribution in [3.8, 4) is 22.8 Å². The van der Waals surface area contributed by atoms with Crippen LogP contribution in [0.5, 0.6) is 11.5 Å². The molecular formula is C9H8N2O3. The summed E-state index contributed by atoms with van der Waals surface area (Å²) in [6.07, 6.45) is 1.38. The van der Waals surface area contributed by atoms with Crippen molar-refractivity contribution in [2.24, 2.45) is 0 Å². The second-order valence-electron chi connectivity index (χ2n) is 2.74. The molecule has 4 N–H and O–H groups in total. The number of benzene rings is 1. The number of nitrogens with zero attached hydrogens (tertiary/aromatic N) is 1. The number of rotatable bonds is 1. The van der Waals surface area contributed by atoms with Gasteiger partial charge in [0.05, 0.1) is 11.8 Å². The summed E-state index contributed by atoms with van der Waals surface area (Å²) in [6, 6.07) is 4.57. The van der Waals surface area contributed by atoms with Gasteiger partial charge >= 0.3 is 0 Å². The topological polar surface area (TPSA) is 92.5 Å². The molecule has 14 heavy (non-hydrogen) atoms. The maximum atomic E-state index is 9.48. The van der Waals surface area contributed by atoms with Crippen LogP contribution in [0.15, 0.2) is 28.8 Å². The van der Waals surface area contributed by atoms with Crippen LogP contribution in [0.3, 0.4) is 0 Å². The second-order valence-corrected chi connectivity index (χ2v) is 2.74. The highest BCUT2D eigenvalue weighted by molar-refractivity contribution is 5.68. The molecule has 0 amide bonds. The Morgan fingerprint density at radius 1 is 1.29 bits per heavy atom. The minimum absolute atomic E-state index is 0.0164. The fraction of sp³-hybridized carbons (Fsp3) is 0. The maximum absolute atomic E-state index is 9.48. The largest absolute Gasteiger partial charge is 0.504 e. The molecule has 0 radical (unpaired) electrons. The van der Waals surface area contributed by atoms with Gasteiger partial charge in [-0.1, -0.05) is 6.07 Å². The highest BCUT2D eigenvalue weighted by Crippen LogP contribution is 2.36. The van der Waals surface area contributed by atoms with Crippen molar-refractivity contribution >= 4 is 6.01 Å². The van der Waals surface area contributed by atoms with E-state index in [1.54, 1.807) is 12.1 Å². The Balaban J connectivity index is 2.57. The van der Waals surface area contributed by atoms with Crippen molar-refractivity contribution in [2.75, 3.05) is 5.73 Å². The van der Waals surface area contributed by atoms with E-state index < -0.39 is 0 Å². The number of para-hydroxylation sites is 1. The Morgan fingerprint density at radius 2 is 2.07 bits per heavy atom. The molecule has 0 saturated heterocycles. The van der Waals surface area contributed by atoms with Crippen molar-refractivity contribution in [1.29, 1.82) is 0 Å². The first-order chi connectivity index (χ1) is 6.68. The molecule has 0 fully saturated rings. The number of phenols is 2. The van der Waals surface area contributed by atoms with E-state index in [9.17, 15) is 10.2 Å². The Labute approximate surface area is 79.4 Å². The number of aromatic hydroxyl groups is 2. The Bertz CT molecular complexity index is 465. The normalized spacial score (nSPS) is 10.3. The van der Waals surface area contributed by atoms with Crippen molar-refractivity contribution in [3.63, 3.8) is 0 Å². The summed E-state index contributed by atoms with van der Waals surface area (Å²) in [5.41, 5.74) is 5.64. The average Bonchev–Trinajstić information content (AvgIpc) is 2.57. The van der Waals surface area contributed by atoms with Crippen LogP contribution in [-0.4, -0.2) is 15.2 Å². The van der Waals surface area contributed by atoms with Crippen LogP contribution in [-0.2, 0) is 0 Å². The van der Waals surface area contributed by atoms with Gasteiger partial charge in [-0.05, 0) is 12.1 Å². The van der Waals surface area contributed by atoms with Crippen molar-refractivity contribution in [2.45, 2.75) is 0 Å². The van der Waals surface area contributed by atoms with Gasteiger partial charge in [0, 0.05) is 0 Å². The third-order valence-electron chi connectivity index (χ3n) is 1.80. The van der Waals surface area contributed by atoms with Gasteiger partial charge in [0.1, 0.15) is 0 Å². The van der Waals surface area contributed by atoms with Crippen LogP contribution in [0.1, 0.15) is 0 Å². The lowest BCUT2D eigenvalue weighted by Crippen LogP contribution is -1.80. The molecule has 0 unspecified atom stereocenters. The molecule has 2 aromatic rings. The van der Waals surface area contributed by atoms with Crippen molar-refractivity contribution in [3.05, 3.63) is 24.4 Å². The third kappa shape index (κ3) is 1.24. The Morgan fingerprint density at radius 3 is 2.71 bits per heavy atom. The fourth-order valence-corrected chi connectivity index (χ4v) is 1.14. The van der Waals surface area contributed by atoms with Crippen LogP contribution in [0.4, 0.5) is 6.01 Å². The molecular weight excluding hydrogens is 184 g/mol.